The quantitative estimate of drug-likeness (QED) is 0.576. The predicted molar refractivity (Wildman–Crippen MR) is 120 cm³/mol. The zero-order valence-corrected chi connectivity index (χ0v) is 19.4. The van der Waals surface area contributed by atoms with Crippen LogP contribution in [0.5, 0.6) is 0 Å². The molecule has 30 heavy (non-hydrogen) atoms. The fourth-order valence-corrected chi connectivity index (χ4v) is 5.37. The van der Waals surface area contributed by atoms with Gasteiger partial charge in [0.15, 0.2) is 14.6 Å². The van der Waals surface area contributed by atoms with Crippen molar-refractivity contribution >= 4 is 37.3 Å². The highest BCUT2D eigenvalue weighted by molar-refractivity contribution is 7.92. The van der Waals surface area contributed by atoms with E-state index in [0.717, 1.165) is 21.3 Å². The van der Waals surface area contributed by atoms with Gasteiger partial charge in [-0.3, -0.25) is 4.79 Å². The van der Waals surface area contributed by atoms with Gasteiger partial charge in [-0.2, -0.15) is 4.99 Å². The van der Waals surface area contributed by atoms with Crippen molar-refractivity contribution in [2.75, 3.05) is 13.7 Å². The van der Waals surface area contributed by atoms with Crippen LogP contribution < -0.4 is 4.80 Å². The lowest BCUT2D eigenvalue weighted by Gasteiger charge is -2.08. The lowest BCUT2D eigenvalue weighted by Crippen LogP contribution is -2.19. The van der Waals surface area contributed by atoms with Crippen molar-refractivity contribution in [1.82, 2.24) is 4.57 Å². The fourth-order valence-electron chi connectivity index (χ4n) is 3.21. The zero-order valence-electron chi connectivity index (χ0n) is 17.8. The van der Waals surface area contributed by atoms with Crippen LogP contribution in [0.1, 0.15) is 35.3 Å². The van der Waals surface area contributed by atoms with Crippen LogP contribution in [0.3, 0.4) is 0 Å². The molecule has 0 N–H and O–H groups in total. The van der Waals surface area contributed by atoms with Gasteiger partial charge in [0.1, 0.15) is 0 Å². The maximum Gasteiger partial charge on any atom is 0.279 e. The number of amides is 1. The van der Waals surface area contributed by atoms with E-state index >= 15 is 0 Å². The molecule has 0 aliphatic heterocycles. The smallest absolute Gasteiger partial charge is 0.279 e. The highest BCUT2D eigenvalue weighted by Crippen LogP contribution is 2.23. The summed E-state index contributed by atoms with van der Waals surface area (Å²) in [4.78, 5) is 18.0. The molecule has 8 heteroatoms. The summed E-state index contributed by atoms with van der Waals surface area (Å²) in [5, 5.41) is -0.520. The molecule has 0 fully saturated rings. The summed E-state index contributed by atoms with van der Waals surface area (Å²) in [6, 6.07) is 10.2. The van der Waals surface area contributed by atoms with Gasteiger partial charge in [0.2, 0.25) is 0 Å². The van der Waals surface area contributed by atoms with Crippen LogP contribution in [-0.4, -0.2) is 37.9 Å². The van der Waals surface area contributed by atoms with E-state index < -0.39 is 21.0 Å². The molecule has 0 aliphatic carbocycles. The molecule has 1 heterocycles. The van der Waals surface area contributed by atoms with Crippen molar-refractivity contribution in [2.24, 2.45) is 4.99 Å². The second-order valence-corrected chi connectivity index (χ2v) is 11.0. The van der Waals surface area contributed by atoms with Crippen LogP contribution in [0.25, 0.3) is 10.2 Å². The predicted octanol–water partition coefficient (Wildman–Crippen LogP) is 3.89. The number of hydrogen-bond donors (Lipinski definition) is 0. The fraction of sp³-hybridized carbons (Fsp3) is 0.364. The molecule has 160 valence electrons. The number of ether oxygens (including phenoxy) is 1. The molecule has 1 amide bonds. The summed E-state index contributed by atoms with van der Waals surface area (Å²) < 4.78 is 32.9. The van der Waals surface area contributed by atoms with Crippen molar-refractivity contribution in [1.29, 1.82) is 0 Å². The third kappa shape index (κ3) is 4.40. The van der Waals surface area contributed by atoms with Gasteiger partial charge in [0, 0.05) is 19.2 Å². The summed E-state index contributed by atoms with van der Waals surface area (Å²) in [5.41, 5.74) is 3.66. The molecule has 3 aromatic rings. The average Bonchev–Trinajstić information content (AvgIpc) is 3.03. The van der Waals surface area contributed by atoms with E-state index in [0.29, 0.717) is 23.5 Å². The Morgan fingerprint density at radius 3 is 2.43 bits per heavy atom. The maximum atomic E-state index is 12.8. The Balaban J connectivity index is 2.06. The Morgan fingerprint density at radius 1 is 1.17 bits per heavy atom. The standard InChI is InChI=1S/C22H26N2O4S2/c1-14(2)30(26,27)18-8-6-17(7-9-18)21(25)23-22-24(10-11-28-5)19-13-15(3)12-16(4)20(19)29-22/h6-9,12-14H,10-11H2,1-5H3. The number of thiazole rings is 1. The summed E-state index contributed by atoms with van der Waals surface area (Å²) in [7, 11) is -1.74. The Hall–Kier alpha value is -2.29. The Labute approximate surface area is 180 Å². The monoisotopic (exact) mass is 446 g/mol. The minimum atomic E-state index is -3.38. The molecule has 3 rings (SSSR count). The van der Waals surface area contributed by atoms with Crippen molar-refractivity contribution < 1.29 is 17.9 Å². The van der Waals surface area contributed by atoms with Gasteiger partial charge in [0.05, 0.1) is 27.0 Å². The minimum absolute atomic E-state index is 0.206. The number of aromatic nitrogens is 1. The van der Waals surface area contributed by atoms with Gasteiger partial charge in [0.25, 0.3) is 5.91 Å². The maximum absolute atomic E-state index is 12.8. The molecule has 0 radical (unpaired) electrons. The largest absolute Gasteiger partial charge is 0.383 e. The number of methoxy groups -OCH3 is 1. The van der Waals surface area contributed by atoms with Crippen molar-refractivity contribution in [3.8, 4) is 0 Å². The van der Waals surface area contributed by atoms with E-state index in [4.69, 9.17) is 4.74 Å². The topological polar surface area (TPSA) is 77.7 Å². The normalized spacial score (nSPS) is 12.8. The SMILES string of the molecule is COCCn1c(=NC(=O)c2ccc(S(=O)(=O)C(C)C)cc2)sc2c(C)cc(C)cc21. The van der Waals surface area contributed by atoms with Crippen LogP contribution in [-0.2, 0) is 21.1 Å². The van der Waals surface area contributed by atoms with E-state index in [1.807, 2.05) is 18.4 Å². The number of aryl methyl sites for hydroxylation is 2. The van der Waals surface area contributed by atoms with Crippen LogP contribution in [0.4, 0.5) is 0 Å². The molecular weight excluding hydrogens is 420 g/mol. The first kappa shape index (κ1) is 22.4. The average molecular weight is 447 g/mol. The molecule has 0 saturated carbocycles. The van der Waals surface area contributed by atoms with E-state index in [1.54, 1.807) is 21.0 Å². The first-order valence-corrected chi connectivity index (χ1v) is 12.0. The van der Waals surface area contributed by atoms with Crippen molar-refractivity contribution in [3.63, 3.8) is 0 Å². The first-order valence-electron chi connectivity index (χ1n) is 9.67. The first-order chi connectivity index (χ1) is 14.1. The van der Waals surface area contributed by atoms with Gasteiger partial charge in [-0.1, -0.05) is 17.4 Å². The molecule has 1 aromatic heterocycles. The van der Waals surface area contributed by atoms with Gasteiger partial charge in [-0.25, -0.2) is 8.42 Å². The number of rotatable bonds is 6. The van der Waals surface area contributed by atoms with Gasteiger partial charge < -0.3 is 9.30 Å². The van der Waals surface area contributed by atoms with Crippen molar-refractivity contribution in [2.45, 2.75) is 44.4 Å². The summed E-state index contributed by atoms with van der Waals surface area (Å²) in [6.07, 6.45) is 0. The number of fused-ring (bicyclic) bond motifs is 1. The molecule has 6 nitrogen and oxygen atoms in total. The van der Waals surface area contributed by atoms with E-state index in [1.165, 1.54) is 35.6 Å². The third-order valence-corrected chi connectivity index (χ3v) is 8.28. The van der Waals surface area contributed by atoms with Crippen molar-refractivity contribution in [3.05, 3.63) is 57.9 Å². The highest BCUT2D eigenvalue weighted by Gasteiger charge is 2.19. The molecular formula is C22H26N2O4S2. The molecule has 0 spiro atoms. The Morgan fingerprint density at radius 2 is 1.83 bits per heavy atom. The van der Waals surface area contributed by atoms with Gasteiger partial charge in [-0.15, -0.1) is 0 Å². The molecule has 2 aromatic carbocycles. The second kappa shape index (κ2) is 8.83. The third-order valence-electron chi connectivity index (χ3n) is 4.88. The van der Waals surface area contributed by atoms with Crippen LogP contribution in [0.2, 0.25) is 0 Å². The van der Waals surface area contributed by atoms with E-state index in [2.05, 4.69) is 17.1 Å². The number of hydrogen-bond acceptors (Lipinski definition) is 5. The number of carbonyl (C=O) groups excluding carboxylic acids is 1. The lowest BCUT2D eigenvalue weighted by atomic mass is 10.1. The molecule has 0 unspecified atom stereocenters. The van der Waals surface area contributed by atoms with E-state index in [9.17, 15) is 13.2 Å². The Bertz CT molecular complexity index is 1250. The minimum Gasteiger partial charge on any atom is -0.383 e. The van der Waals surface area contributed by atoms with Gasteiger partial charge in [-0.05, 0) is 69.2 Å². The number of benzene rings is 2. The van der Waals surface area contributed by atoms with E-state index in [-0.39, 0.29) is 4.90 Å². The lowest BCUT2D eigenvalue weighted by molar-refractivity contribution is 0.0997. The number of sulfone groups is 1. The highest BCUT2D eigenvalue weighted by atomic mass is 32.2. The zero-order chi connectivity index (χ0) is 22.1. The number of carbonyl (C=O) groups is 1. The molecule has 0 saturated heterocycles. The molecule has 0 atom stereocenters. The van der Waals surface area contributed by atoms with Crippen LogP contribution >= 0.6 is 11.3 Å². The molecule has 0 bridgehead atoms. The van der Waals surface area contributed by atoms with Crippen LogP contribution in [0, 0.1) is 13.8 Å². The summed E-state index contributed by atoms with van der Waals surface area (Å²) >= 11 is 1.47. The van der Waals surface area contributed by atoms with Gasteiger partial charge >= 0.3 is 0 Å². The summed E-state index contributed by atoms with van der Waals surface area (Å²) in [6.45, 7) is 8.44. The summed E-state index contributed by atoms with van der Waals surface area (Å²) in [5.74, 6) is -0.407. The number of nitrogens with zero attached hydrogens (tertiary/aromatic N) is 2. The van der Waals surface area contributed by atoms with Crippen LogP contribution in [0.15, 0.2) is 46.3 Å². The second-order valence-electron chi connectivity index (χ2n) is 7.49. The molecule has 0 aliphatic rings. The Kier molecular flexibility index (Phi) is 6.59.